The molecule has 5 nitrogen and oxygen atoms in total. The van der Waals surface area contributed by atoms with Crippen LogP contribution in [0, 0.1) is 5.41 Å². The van der Waals surface area contributed by atoms with Crippen LogP contribution in [0.15, 0.2) is 5.38 Å². The van der Waals surface area contributed by atoms with Gasteiger partial charge < -0.3 is 11.1 Å². The minimum absolute atomic E-state index is 0.108. The molecule has 1 aromatic heterocycles. The van der Waals surface area contributed by atoms with Gasteiger partial charge in [0.2, 0.25) is 5.91 Å². The van der Waals surface area contributed by atoms with E-state index in [0.29, 0.717) is 30.2 Å². The molecule has 0 aliphatic carbocycles. The van der Waals surface area contributed by atoms with Gasteiger partial charge in [0.1, 0.15) is 5.69 Å². The van der Waals surface area contributed by atoms with Crippen molar-refractivity contribution in [1.82, 2.24) is 4.98 Å². The number of hydrogen-bond acceptors (Lipinski definition) is 5. The Morgan fingerprint density at radius 2 is 2.06 bits per heavy atom. The van der Waals surface area contributed by atoms with E-state index in [-0.39, 0.29) is 11.7 Å². The number of thiazole rings is 1. The number of Topliss-reactive ketones (excluding diaryl/α,β-unsaturated/α-hetero) is 1. The lowest BCUT2D eigenvalue weighted by atomic mass is 9.81. The second-order valence-electron chi connectivity index (χ2n) is 4.24. The maximum Gasteiger partial charge on any atom is 0.233 e. The maximum atomic E-state index is 12.2. The summed E-state index contributed by atoms with van der Waals surface area (Å²) in [4.78, 5) is 27.4. The van der Waals surface area contributed by atoms with Crippen LogP contribution in [0.25, 0.3) is 0 Å². The molecule has 18 heavy (non-hydrogen) atoms. The first kappa shape index (κ1) is 14.8. The van der Waals surface area contributed by atoms with E-state index in [1.54, 1.807) is 5.38 Å². The van der Waals surface area contributed by atoms with Crippen LogP contribution < -0.4 is 11.1 Å². The third kappa shape index (κ3) is 2.94. The molecule has 0 spiro atoms. The Morgan fingerprint density at radius 1 is 1.44 bits per heavy atom. The smallest absolute Gasteiger partial charge is 0.233 e. The molecule has 6 heteroatoms. The molecule has 0 aliphatic heterocycles. The van der Waals surface area contributed by atoms with Gasteiger partial charge in [-0.25, -0.2) is 4.98 Å². The van der Waals surface area contributed by atoms with Crippen molar-refractivity contribution in [1.29, 1.82) is 0 Å². The van der Waals surface area contributed by atoms with E-state index in [1.807, 2.05) is 13.8 Å². The first-order valence-corrected chi connectivity index (χ1v) is 6.85. The summed E-state index contributed by atoms with van der Waals surface area (Å²) in [6, 6.07) is 0. The average Bonchev–Trinajstić information content (AvgIpc) is 2.81. The zero-order valence-corrected chi connectivity index (χ0v) is 11.8. The van der Waals surface area contributed by atoms with E-state index in [0.717, 1.165) is 0 Å². The van der Waals surface area contributed by atoms with E-state index < -0.39 is 5.41 Å². The molecule has 0 bridgehead atoms. The quantitative estimate of drug-likeness (QED) is 0.774. The Bertz CT molecular complexity index is 430. The highest BCUT2D eigenvalue weighted by molar-refractivity contribution is 7.14. The summed E-state index contributed by atoms with van der Waals surface area (Å²) < 4.78 is 0. The van der Waals surface area contributed by atoms with Gasteiger partial charge in [0.25, 0.3) is 0 Å². The second kappa shape index (κ2) is 6.06. The molecule has 1 rings (SSSR count). The molecular formula is C12H19N3O2S. The van der Waals surface area contributed by atoms with Crippen LogP contribution in [0.1, 0.15) is 44.1 Å². The summed E-state index contributed by atoms with van der Waals surface area (Å²) in [6.07, 6.45) is 1.35. The number of carbonyl (C=O) groups excluding carboxylic acids is 2. The number of nitrogens with zero attached hydrogens (tertiary/aromatic N) is 1. The highest BCUT2D eigenvalue weighted by atomic mass is 32.1. The van der Waals surface area contributed by atoms with Crippen molar-refractivity contribution in [3.05, 3.63) is 11.1 Å². The van der Waals surface area contributed by atoms with E-state index in [4.69, 9.17) is 5.73 Å². The molecule has 1 aromatic rings. The summed E-state index contributed by atoms with van der Waals surface area (Å²) in [5, 5.41) is 4.83. The summed E-state index contributed by atoms with van der Waals surface area (Å²) in [7, 11) is 0. The molecule has 1 amide bonds. The lowest BCUT2D eigenvalue weighted by Crippen LogP contribution is -2.41. The van der Waals surface area contributed by atoms with Gasteiger partial charge in [-0.05, 0) is 12.8 Å². The molecule has 1 heterocycles. The van der Waals surface area contributed by atoms with E-state index in [2.05, 4.69) is 10.3 Å². The minimum Gasteiger partial charge on any atom is -0.329 e. The fourth-order valence-electron chi connectivity index (χ4n) is 1.68. The Kier molecular flexibility index (Phi) is 4.98. The van der Waals surface area contributed by atoms with Gasteiger partial charge in [0.15, 0.2) is 10.9 Å². The number of nitrogens with one attached hydrogen (secondary N) is 1. The number of anilines is 1. The lowest BCUT2D eigenvalue weighted by molar-refractivity contribution is -0.125. The van der Waals surface area contributed by atoms with Gasteiger partial charge in [-0.2, -0.15) is 0 Å². The number of hydrogen-bond donors (Lipinski definition) is 2. The predicted molar refractivity (Wildman–Crippen MR) is 72.8 cm³/mol. The van der Waals surface area contributed by atoms with Crippen molar-refractivity contribution in [3.8, 4) is 0 Å². The molecule has 3 N–H and O–H groups in total. The number of ketones is 1. The molecule has 0 fully saturated rings. The van der Waals surface area contributed by atoms with Gasteiger partial charge in [-0.15, -0.1) is 11.3 Å². The Labute approximate surface area is 111 Å². The third-order valence-electron chi connectivity index (χ3n) is 3.31. The van der Waals surface area contributed by atoms with Crippen LogP contribution in [0.5, 0.6) is 0 Å². The molecule has 0 radical (unpaired) electrons. The van der Waals surface area contributed by atoms with Crippen LogP contribution in [-0.2, 0) is 4.79 Å². The molecule has 100 valence electrons. The van der Waals surface area contributed by atoms with Crippen molar-refractivity contribution in [2.75, 3.05) is 11.9 Å². The SMILES string of the molecule is CCC(CC)(CN)C(=O)Nc1nc(C(C)=O)cs1. The average molecular weight is 269 g/mol. The Morgan fingerprint density at radius 3 is 2.44 bits per heavy atom. The largest absolute Gasteiger partial charge is 0.329 e. The standard InChI is InChI=1S/C12H19N3O2S/c1-4-12(5-2,7-13)10(17)15-11-14-9(6-18-11)8(3)16/h6H,4-5,7,13H2,1-3H3,(H,14,15,17). The van der Waals surface area contributed by atoms with Crippen LogP contribution in [0.4, 0.5) is 5.13 Å². The normalized spacial score (nSPS) is 11.3. The topological polar surface area (TPSA) is 85.1 Å². The summed E-state index contributed by atoms with van der Waals surface area (Å²) in [5.41, 5.74) is 5.53. The van der Waals surface area contributed by atoms with E-state index >= 15 is 0 Å². The van der Waals surface area contributed by atoms with E-state index in [9.17, 15) is 9.59 Å². The number of rotatable bonds is 6. The van der Waals surface area contributed by atoms with Crippen LogP contribution >= 0.6 is 11.3 Å². The molecule has 0 atom stereocenters. The molecule has 0 aromatic carbocycles. The Balaban J connectivity index is 2.82. The number of carbonyl (C=O) groups is 2. The monoisotopic (exact) mass is 269 g/mol. The third-order valence-corrected chi connectivity index (χ3v) is 4.07. The van der Waals surface area contributed by atoms with E-state index in [1.165, 1.54) is 18.3 Å². The summed E-state index contributed by atoms with van der Waals surface area (Å²) in [5.74, 6) is -0.234. The first-order valence-electron chi connectivity index (χ1n) is 5.97. The number of amides is 1. The highest BCUT2D eigenvalue weighted by Gasteiger charge is 2.33. The molecule has 0 saturated heterocycles. The van der Waals surface area contributed by atoms with Gasteiger partial charge in [0.05, 0.1) is 5.41 Å². The number of aromatic nitrogens is 1. The maximum absolute atomic E-state index is 12.2. The van der Waals surface area contributed by atoms with Crippen molar-refractivity contribution in [2.45, 2.75) is 33.6 Å². The molecular weight excluding hydrogens is 250 g/mol. The van der Waals surface area contributed by atoms with Crippen molar-refractivity contribution in [2.24, 2.45) is 11.1 Å². The predicted octanol–water partition coefficient (Wildman–Crippen LogP) is 2.05. The highest BCUT2D eigenvalue weighted by Crippen LogP contribution is 2.27. The molecule has 0 unspecified atom stereocenters. The summed E-state index contributed by atoms with van der Waals surface area (Å²) in [6.45, 7) is 5.64. The minimum atomic E-state index is -0.554. The Hall–Kier alpha value is -1.27. The number of nitrogens with two attached hydrogens (primary N) is 1. The van der Waals surface area contributed by atoms with Crippen LogP contribution in [-0.4, -0.2) is 23.2 Å². The zero-order valence-electron chi connectivity index (χ0n) is 10.9. The zero-order chi connectivity index (χ0) is 13.8. The van der Waals surface area contributed by atoms with Gasteiger partial charge in [0, 0.05) is 18.8 Å². The van der Waals surface area contributed by atoms with Gasteiger partial charge >= 0.3 is 0 Å². The first-order chi connectivity index (χ1) is 8.49. The fourth-order valence-corrected chi connectivity index (χ4v) is 2.42. The van der Waals surface area contributed by atoms with Crippen molar-refractivity contribution >= 4 is 28.2 Å². The molecule has 0 saturated carbocycles. The van der Waals surface area contributed by atoms with Crippen molar-refractivity contribution < 1.29 is 9.59 Å². The fraction of sp³-hybridized carbons (Fsp3) is 0.583. The summed E-state index contributed by atoms with van der Waals surface area (Å²) >= 11 is 1.25. The molecule has 0 aliphatic rings. The van der Waals surface area contributed by atoms with Crippen LogP contribution in [0.2, 0.25) is 0 Å². The van der Waals surface area contributed by atoms with Gasteiger partial charge in [-0.1, -0.05) is 13.8 Å². The van der Waals surface area contributed by atoms with Crippen LogP contribution in [0.3, 0.4) is 0 Å². The van der Waals surface area contributed by atoms with Crippen molar-refractivity contribution in [3.63, 3.8) is 0 Å². The van der Waals surface area contributed by atoms with Gasteiger partial charge in [-0.3, -0.25) is 9.59 Å². The second-order valence-corrected chi connectivity index (χ2v) is 5.10. The lowest BCUT2D eigenvalue weighted by Gasteiger charge is -2.27.